The average molecular weight is 288 g/mol. The first kappa shape index (κ1) is 12.2. The highest BCUT2D eigenvalue weighted by Crippen LogP contribution is 2.35. The molecular formula is C18H12N2S. The van der Waals surface area contributed by atoms with Crippen molar-refractivity contribution in [3.05, 3.63) is 72.9 Å². The molecule has 100 valence electrons. The molecule has 0 amide bonds. The van der Waals surface area contributed by atoms with Crippen LogP contribution in [0, 0.1) is 0 Å². The molecule has 0 bridgehead atoms. The van der Waals surface area contributed by atoms with Gasteiger partial charge in [-0.3, -0.25) is 0 Å². The Bertz CT molecular complexity index is 883. The van der Waals surface area contributed by atoms with Gasteiger partial charge in [0.1, 0.15) is 5.01 Å². The standard InChI is InChI=1S/C18H12N2S/c1-3-7-13(8-4-1)15-11-12-19-17-16(15)21-18(20-17)14-9-5-2-6-10-14/h1-12H. The van der Waals surface area contributed by atoms with Gasteiger partial charge in [-0.1, -0.05) is 60.7 Å². The molecule has 0 aliphatic heterocycles. The van der Waals surface area contributed by atoms with Crippen LogP contribution >= 0.6 is 11.3 Å². The van der Waals surface area contributed by atoms with Crippen molar-refractivity contribution in [2.75, 3.05) is 0 Å². The van der Waals surface area contributed by atoms with Crippen molar-refractivity contribution in [2.45, 2.75) is 0 Å². The quantitative estimate of drug-likeness (QED) is 0.517. The third-order valence-electron chi connectivity index (χ3n) is 3.40. The maximum absolute atomic E-state index is 4.68. The summed E-state index contributed by atoms with van der Waals surface area (Å²) in [6, 6.07) is 22.7. The summed E-state index contributed by atoms with van der Waals surface area (Å²) >= 11 is 1.70. The summed E-state index contributed by atoms with van der Waals surface area (Å²) in [6.45, 7) is 0. The van der Waals surface area contributed by atoms with E-state index in [9.17, 15) is 0 Å². The van der Waals surface area contributed by atoms with Gasteiger partial charge in [0.15, 0.2) is 5.65 Å². The molecule has 0 saturated heterocycles. The minimum atomic E-state index is 0.820. The second-order valence-electron chi connectivity index (χ2n) is 4.76. The number of pyridine rings is 1. The molecule has 0 saturated carbocycles. The summed E-state index contributed by atoms with van der Waals surface area (Å²) in [5, 5.41) is 1.02. The van der Waals surface area contributed by atoms with E-state index >= 15 is 0 Å². The molecule has 0 N–H and O–H groups in total. The molecule has 0 radical (unpaired) electrons. The highest BCUT2D eigenvalue weighted by Gasteiger charge is 2.11. The predicted molar refractivity (Wildman–Crippen MR) is 88.3 cm³/mol. The van der Waals surface area contributed by atoms with Crippen molar-refractivity contribution in [1.82, 2.24) is 9.97 Å². The second kappa shape index (κ2) is 5.11. The van der Waals surface area contributed by atoms with E-state index < -0.39 is 0 Å². The third-order valence-corrected chi connectivity index (χ3v) is 4.52. The number of rotatable bonds is 2. The minimum Gasteiger partial charge on any atom is -0.236 e. The molecule has 3 heteroatoms. The highest BCUT2D eigenvalue weighted by atomic mass is 32.1. The lowest BCUT2D eigenvalue weighted by atomic mass is 10.1. The molecule has 4 rings (SSSR count). The van der Waals surface area contributed by atoms with Crippen molar-refractivity contribution in [3.8, 4) is 21.7 Å². The Kier molecular flexibility index (Phi) is 2.98. The van der Waals surface area contributed by atoms with Crippen LogP contribution in [0.4, 0.5) is 0 Å². The lowest BCUT2D eigenvalue weighted by Gasteiger charge is -2.01. The van der Waals surface area contributed by atoms with Crippen molar-refractivity contribution in [1.29, 1.82) is 0 Å². The van der Waals surface area contributed by atoms with E-state index in [1.165, 1.54) is 11.1 Å². The molecule has 21 heavy (non-hydrogen) atoms. The zero-order chi connectivity index (χ0) is 14.1. The molecule has 2 aromatic heterocycles. The van der Waals surface area contributed by atoms with Crippen molar-refractivity contribution >= 4 is 21.7 Å². The molecule has 2 aromatic carbocycles. The molecule has 0 atom stereocenters. The predicted octanol–water partition coefficient (Wildman–Crippen LogP) is 5.03. The van der Waals surface area contributed by atoms with E-state index in [4.69, 9.17) is 0 Å². The number of fused-ring (bicyclic) bond motifs is 1. The van der Waals surface area contributed by atoms with Gasteiger partial charge in [0.05, 0.1) is 4.70 Å². The highest BCUT2D eigenvalue weighted by molar-refractivity contribution is 7.22. The van der Waals surface area contributed by atoms with Crippen LogP contribution in [0.2, 0.25) is 0 Å². The number of hydrogen-bond donors (Lipinski definition) is 0. The topological polar surface area (TPSA) is 25.8 Å². The largest absolute Gasteiger partial charge is 0.236 e. The van der Waals surface area contributed by atoms with Crippen LogP contribution in [0.3, 0.4) is 0 Å². The van der Waals surface area contributed by atoms with Crippen molar-refractivity contribution in [3.63, 3.8) is 0 Å². The normalized spacial score (nSPS) is 10.9. The number of hydrogen-bond acceptors (Lipinski definition) is 3. The Labute approximate surface area is 126 Å². The summed E-state index contributed by atoms with van der Waals surface area (Å²) in [5.74, 6) is 0. The molecule has 2 nitrogen and oxygen atoms in total. The SMILES string of the molecule is c1ccc(-c2nc3nccc(-c4ccccc4)c3s2)cc1. The molecule has 0 aliphatic carbocycles. The van der Waals surface area contributed by atoms with Gasteiger partial charge in [0, 0.05) is 17.3 Å². The smallest absolute Gasteiger partial charge is 0.171 e. The molecule has 0 unspecified atom stereocenters. The number of thiazole rings is 1. The van der Waals surface area contributed by atoms with E-state index in [2.05, 4.69) is 52.4 Å². The number of nitrogens with zero attached hydrogens (tertiary/aromatic N) is 2. The van der Waals surface area contributed by atoms with Crippen LogP contribution in [-0.4, -0.2) is 9.97 Å². The molecule has 0 aliphatic rings. The van der Waals surface area contributed by atoms with Crippen molar-refractivity contribution in [2.24, 2.45) is 0 Å². The maximum atomic E-state index is 4.68. The average Bonchev–Trinajstić information content (AvgIpc) is 3.00. The molecule has 2 heterocycles. The summed E-state index contributed by atoms with van der Waals surface area (Å²) in [5.41, 5.74) is 4.35. The first-order valence-corrected chi connectivity index (χ1v) is 7.60. The fraction of sp³-hybridized carbons (Fsp3) is 0. The summed E-state index contributed by atoms with van der Waals surface area (Å²) in [7, 11) is 0. The first-order chi connectivity index (χ1) is 10.4. The molecule has 4 aromatic rings. The Morgan fingerprint density at radius 1 is 0.714 bits per heavy atom. The van der Waals surface area contributed by atoms with Gasteiger partial charge >= 0.3 is 0 Å². The Morgan fingerprint density at radius 2 is 1.38 bits per heavy atom. The van der Waals surface area contributed by atoms with Gasteiger partial charge < -0.3 is 0 Å². The third kappa shape index (κ3) is 2.22. The van der Waals surface area contributed by atoms with Crippen molar-refractivity contribution < 1.29 is 0 Å². The van der Waals surface area contributed by atoms with E-state index in [0.717, 1.165) is 20.9 Å². The zero-order valence-corrected chi connectivity index (χ0v) is 12.0. The second-order valence-corrected chi connectivity index (χ2v) is 5.76. The Balaban J connectivity index is 1.93. The van der Waals surface area contributed by atoms with E-state index in [-0.39, 0.29) is 0 Å². The summed E-state index contributed by atoms with van der Waals surface area (Å²) < 4.78 is 1.14. The summed E-state index contributed by atoms with van der Waals surface area (Å²) in [6.07, 6.45) is 1.83. The molecular weight excluding hydrogens is 276 g/mol. The van der Waals surface area contributed by atoms with Gasteiger partial charge in [-0.25, -0.2) is 9.97 Å². The lowest BCUT2D eigenvalue weighted by Crippen LogP contribution is -1.81. The fourth-order valence-electron chi connectivity index (χ4n) is 2.38. The summed E-state index contributed by atoms with van der Waals surface area (Å²) in [4.78, 5) is 9.09. The maximum Gasteiger partial charge on any atom is 0.171 e. The van der Waals surface area contributed by atoms with Gasteiger partial charge in [-0.15, -0.1) is 11.3 Å². The van der Waals surface area contributed by atoms with Gasteiger partial charge in [0.2, 0.25) is 0 Å². The lowest BCUT2D eigenvalue weighted by molar-refractivity contribution is 1.33. The minimum absolute atomic E-state index is 0.820. The van der Waals surface area contributed by atoms with E-state index in [1.54, 1.807) is 11.3 Å². The van der Waals surface area contributed by atoms with Crippen LogP contribution in [0.1, 0.15) is 0 Å². The fourth-order valence-corrected chi connectivity index (χ4v) is 3.45. The van der Waals surface area contributed by atoms with E-state index in [0.29, 0.717) is 0 Å². The monoisotopic (exact) mass is 288 g/mol. The van der Waals surface area contributed by atoms with Gasteiger partial charge in [-0.2, -0.15) is 0 Å². The Morgan fingerprint density at radius 3 is 2.10 bits per heavy atom. The van der Waals surface area contributed by atoms with Crippen LogP contribution in [0.15, 0.2) is 72.9 Å². The Hall–Kier alpha value is -2.52. The van der Waals surface area contributed by atoms with Gasteiger partial charge in [-0.05, 0) is 11.6 Å². The van der Waals surface area contributed by atoms with Crippen LogP contribution in [0.5, 0.6) is 0 Å². The number of benzene rings is 2. The van der Waals surface area contributed by atoms with E-state index in [1.807, 2.05) is 30.5 Å². The van der Waals surface area contributed by atoms with Crippen LogP contribution in [-0.2, 0) is 0 Å². The van der Waals surface area contributed by atoms with Crippen LogP contribution in [0.25, 0.3) is 32.0 Å². The zero-order valence-electron chi connectivity index (χ0n) is 11.2. The van der Waals surface area contributed by atoms with Gasteiger partial charge in [0.25, 0.3) is 0 Å². The first-order valence-electron chi connectivity index (χ1n) is 6.78. The molecule has 0 spiro atoms. The number of aromatic nitrogens is 2. The van der Waals surface area contributed by atoms with Crippen LogP contribution < -0.4 is 0 Å². The molecule has 0 fully saturated rings.